The molecule has 2 bridgehead atoms. The van der Waals surface area contributed by atoms with Crippen molar-refractivity contribution in [2.45, 2.75) is 25.0 Å². The number of carbonyl (C=O) groups excluding carboxylic acids is 1. The summed E-state index contributed by atoms with van der Waals surface area (Å²) in [6.45, 7) is 3.96. The van der Waals surface area contributed by atoms with Gasteiger partial charge in [-0.3, -0.25) is 0 Å². The molecule has 5 nitrogen and oxygen atoms in total. The van der Waals surface area contributed by atoms with E-state index in [-0.39, 0.29) is 11.6 Å². The van der Waals surface area contributed by atoms with E-state index in [1.165, 1.54) is 5.56 Å². The normalized spacial score (nSPS) is 26.7. The maximum absolute atomic E-state index is 12.1. The highest BCUT2D eigenvalue weighted by molar-refractivity contribution is 6.30. The van der Waals surface area contributed by atoms with Crippen molar-refractivity contribution in [1.29, 1.82) is 0 Å². The van der Waals surface area contributed by atoms with Gasteiger partial charge in [0.1, 0.15) is 0 Å². The van der Waals surface area contributed by atoms with Crippen LogP contribution in [-0.4, -0.2) is 30.8 Å². The van der Waals surface area contributed by atoms with Crippen LogP contribution in [0.5, 0.6) is 0 Å². The Bertz CT molecular complexity index is 801. The minimum atomic E-state index is -0.297. The molecule has 3 unspecified atom stereocenters. The zero-order valence-electron chi connectivity index (χ0n) is 14.6. The molecule has 6 heteroatoms. The molecule has 4 rings (SSSR count). The third kappa shape index (κ3) is 3.43. The number of carbonyl (C=O) groups is 1. The fourth-order valence-corrected chi connectivity index (χ4v) is 4.03. The largest absolute Gasteiger partial charge is 0.371 e. The van der Waals surface area contributed by atoms with Crippen LogP contribution in [0.1, 0.15) is 12.5 Å². The number of fused-ring (bicyclic) bond motifs is 2. The monoisotopic (exact) mass is 371 g/mol. The van der Waals surface area contributed by atoms with E-state index < -0.39 is 0 Å². The maximum atomic E-state index is 12.1. The molecule has 0 saturated carbocycles. The zero-order valence-corrected chi connectivity index (χ0v) is 15.3. The molecule has 2 fully saturated rings. The molecule has 0 radical (unpaired) electrons. The lowest BCUT2D eigenvalue weighted by Crippen LogP contribution is -2.41. The molecule has 2 heterocycles. The number of halogens is 1. The molecule has 2 amide bonds. The number of urea groups is 1. The molecule has 3 N–H and O–H groups in total. The summed E-state index contributed by atoms with van der Waals surface area (Å²) < 4.78 is 6.07. The average molecular weight is 372 g/mol. The second-order valence-electron chi connectivity index (χ2n) is 7.12. The standard InChI is InChI=1S/C20H22ClN3O2/c1-13-18-11-26-20(13,12-22-18)10-14-5-7-16(8-6-14)23-19(25)24-17-4-2-3-15(21)9-17/h2-9,13,18,22H,10-12H2,1H3,(H2,23,24,25). The van der Waals surface area contributed by atoms with Crippen LogP contribution < -0.4 is 16.0 Å². The van der Waals surface area contributed by atoms with E-state index in [1.54, 1.807) is 24.3 Å². The predicted molar refractivity (Wildman–Crippen MR) is 104 cm³/mol. The van der Waals surface area contributed by atoms with Gasteiger partial charge in [-0.25, -0.2) is 4.79 Å². The van der Waals surface area contributed by atoms with Gasteiger partial charge < -0.3 is 20.7 Å². The number of nitrogens with one attached hydrogen (secondary N) is 3. The van der Waals surface area contributed by atoms with Gasteiger partial charge in [-0.05, 0) is 35.9 Å². The highest BCUT2D eigenvalue weighted by Gasteiger charge is 2.52. The molecule has 2 aliphatic heterocycles. The molecule has 2 saturated heterocycles. The van der Waals surface area contributed by atoms with Gasteiger partial charge in [-0.2, -0.15) is 0 Å². The molecular formula is C20H22ClN3O2. The molecule has 0 aliphatic carbocycles. The molecule has 2 aromatic carbocycles. The Morgan fingerprint density at radius 3 is 2.62 bits per heavy atom. The van der Waals surface area contributed by atoms with Crippen molar-refractivity contribution in [3.8, 4) is 0 Å². The second kappa shape index (κ2) is 6.91. The molecule has 2 aliphatic rings. The number of hydrogen-bond acceptors (Lipinski definition) is 3. The van der Waals surface area contributed by atoms with E-state index in [2.05, 4.69) is 22.9 Å². The highest BCUT2D eigenvalue weighted by atomic mass is 35.5. The maximum Gasteiger partial charge on any atom is 0.323 e. The Morgan fingerprint density at radius 2 is 2.00 bits per heavy atom. The van der Waals surface area contributed by atoms with Crippen LogP contribution in [0.25, 0.3) is 0 Å². The van der Waals surface area contributed by atoms with Crippen LogP contribution in [0.15, 0.2) is 48.5 Å². The number of amides is 2. The summed E-state index contributed by atoms with van der Waals surface area (Å²) in [5.74, 6) is 0.517. The first-order valence-electron chi connectivity index (χ1n) is 8.84. The Labute approximate surface area is 158 Å². The number of benzene rings is 2. The van der Waals surface area contributed by atoms with Crippen LogP contribution in [0.4, 0.5) is 16.2 Å². The Balaban J connectivity index is 1.36. The van der Waals surface area contributed by atoms with E-state index in [9.17, 15) is 4.79 Å². The average Bonchev–Trinajstić information content (AvgIpc) is 3.08. The number of anilines is 2. The SMILES string of the molecule is CC1C2COC1(Cc1ccc(NC(=O)Nc3cccc(Cl)c3)cc1)CN2. The van der Waals surface area contributed by atoms with Gasteiger partial charge in [-0.1, -0.05) is 36.7 Å². The van der Waals surface area contributed by atoms with Crippen LogP contribution in [0, 0.1) is 5.92 Å². The van der Waals surface area contributed by atoms with Crippen molar-refractivity contribution in [1.82, 2.24) is 5.32 Å². The smallest absolute Gasteiger partial charge is 0.323 e. The van der Waals surface area contributed by atoms with Crippen LogP contribution in [0.3, 0.4) is 0 Å². The van der Waals surface area contributed by atoms with Gasteiger partial charge in [0.2, 0.25) is 0 Å². The summed E-state index contributed by atoms with van der Waals surface area (Å²) in [6, 6.07) is 15.2. The van der Waals surface area contributed by atoms with Gasteiger partial charge in [0, 0.05) is 41.3 Å². The van der Waals surface area contributed by atoms with Crippen molar-refractivity contribution in [3.05, 3.63) is 59.1 Å². The highest BCUT2D eigenvalue weighted by Crippen LogP contribution is 2.39. The topological polar surface area (TPSA) is 62.4 Å². The third-order valence-corrected chi connectivity index (χ3v) is 5.68. The lowest BCUT2D eigenvalue weighted by molar-refractivity contribution is -0.0189. The first-order chi connectivity index (χ1) is 12.5. The van der Waals surface area contributed by atoms with Crippen molar-refractivity contribution in [3.63, 3.8) is 0 Å². The van der Waals surface area contributed by atoms with Gasteiger partial charge in [0.15, 0.2) is 0 Å². The predicted octanol–water partition coefficient (Wildman–Crippen LogP) is 3.90. The van der Waals surface area contributed by atoms with Gasteiger partial charge >= 0.3 is 6.03 Å². The molecule has 26 heavy (non-hydrogen) atoms. The van der Waals surface area contributed by atoms with E-state index in [4.69, 9.17) is 16.3 Å². The van der Waals surface area contributed by atoms with E-state index in [0.29, 0.717) is 22.7 Å². The number of ether oxygens (including phenoxy) is 1. The minimum absolute atomic E-state index is 0.0937. The van der Waals surface area contributed by atoms with Crippen molar-refractivity contribution < 1.29 is 9.53 Å². The molecule has 136 valence electrons. The fraction of sp³-hybridized carbons (Fsp3) is 0.350. The van der Waals surface area contributed by atoms with Gasteiger partial charge in [0.05, 0.1) is 12.2 Å². The van der Waals surface area contributed by atoms with E-state index in [1.807, 2.05) is 24.3 Å². The van der Waals surface area contributed by atoms with Crippen molar-refractivity contribution in [2.75, 3.05) is 23.8 Å². The molecule has 0 aromatic heterocycles. The summed E-state index contributed by atoms with van der Waals surface area (Å²) in [7, 11) is 0. The van der Waals surface area contributed by atoms with Gasteiger partial charge in [-0.15, -0.1) is 0 Å². The molecule has 2 aromatic rings. The Morgan fingerprint density at radius 1 is 1.23 bits per heavy atom. The summed E-state index contributed by atoms with van der Waals surface area (Å²) in [6.07, 6.45) is 0.882. The third-order valence-electron chi connectivity index (χ3n) is 5.44. The molecular weight excluding hydrogens is 350 g/mol. The molecule has 3 atom stereocenters. The number of hydrogen-bond donors (Lipinski definition) is 3. The lowest BCUT2D eigenvalue weighted by Gasteiger charge is -2.29. The van der Waals surface area contributed by atoms with Crippen molar-refractivity contribution >= 4 is 29.0 Å². The van der Waals surface area contributed by atoms with Crippen molar-refractivity contribution in [2.24, 2.45) is 5.92 Å². The quantitative estimate of drug-likeness (QED) is 0.763. The first-order valence-corrected chi connectivity index (χ1v) is 9.22. The lowest BCUT2D eigenvalue weighted by atomic mass is 9.85. The summed E-state index contributed by atoms with van der Waals surface area (Å²) in [4.78, 5) is 12.1. The second-order valence-corrected chi connectivity index (χ2v) is 7.55. The number of rotatable bonds is 4. The summed E-state index contributed by atoms with van der Waals surface area (Å²) in [5.41, 5.74) is 2.51. The van der Waals surface area contributed by atoms with E-state index >= 15 is 0 Å². The summed E-state index contributed by atoms with van der Waals surface area (Å²) >= 11 is 5.93. The van der Waals surface area contributed by atoms with Crippen LogP contribution in [-0.2, 0) is 11.2 Å². The first kappa shape index (κ1) is 17.3. The minimum Gasteiger partial charge on any atom is -0.371 e. The van der Waals surface area contributed by atoms with Gasteiger partial charge in [0.25, 0.3) is 0 Å². The Hall–Kier alpha value is -2.08. The fourth-order valence-electron chi connectivity index (χ4n) is 3.84. The zero-order chi connectivity index (χ0) is 18.1. The Kier molecular flexibility index (Phi) is 4.61. The van der Waals surface area contributed by atoms with E-state index in [0.717, 1.165) is 25.3 Å². The van der Waals surface area contributed by atoms with Crippen LogP contribution >= 0.6 is 11.6 Å². The van der Waals surface area contributed by atoms with Crippen LogP contribution in [0.2, 0.25) is 5.02 Å². The molecule has 0 spiro atoms. The number of morpholine rings is 1. The summed E-state index contributed by atoms with van der Waals surface area (Å²) in [5, 5.41) is 9.72.